The zero-order valence-electron chi connectivity index (χ0n) is 16.8. The maximum atomic E-state index is 14.7. The SMILES string of the molecule is C=C1CC(C)(C)Nc2ccc3c(c21)C(C1C=CCCC1)Oc1c(F)cc(F)cc1-3. The van der Waals surface area contributed by atoms with Gasteiger partial charge in [0.25, 0.3) is 0 Å². The lowest BCUT2D eigenvalue weighted by atomic mass is 9.75. The van der Waals surface area contributed by atoms with Gasteiger partial charge in [0.2, 0.25) is 0 Å². The summed E-state index contributed by atoms with van der Waals surface area (Å²) in [6.45, 7) is 8.67. The maximum absolute atomic E-state index is 14.7. The van der Waals surface area contributed by atoms with Gasteiger partial charge >= 0.3 is 0 Å². The van der Waals surface area contributed by atoms with Gasteiger partial charge in [-0.3, -0.25) is 0 Å². The summed E-state index contributed by atoms with van der Waals surface area (Å²) in [6, 6.07) is 6.25. The van der Waals surface area contributed by atoms with Crippen molar-refractivity contribution in [3.05, 3.63) is 65.8 Å². The van der Waals surface area contributed by atoms with Crippen LogP contribution in [0.5, 0.6) is 5.75 Å². The van der Waals surface area contributed by atoms with Crippen LogP contribution in [-0.4, -0.2) is 5.54 Å². The van der Waals surface area contributed by atoms with Crippen molar-refractivity contribution in [3.8, 4) is 16.9 Å². The first kappa shape index (κ1) is 18.4. The normalized spacial score (nSPS) is 24.1. The molecule has 0 bridgehead atoms. The lowest BCUT2D eigenvalue weighted by Gasteiger charge is -2.41. The van der Waals surface area contributed by atoms with Gasteiger partial charge < -0.3 is 10.1 Å². The summed E-state index contributed by atoms with van der Waals surface area (Å²) >= 11 is 0. The molecule has 2 aromatic rings. The molecule has 0 radical (unpaired) electrons. The minimum Gasteiger partial charge on any atom is -0.481 e. The predicted octanol–water partition coefficient (Wildman–Crippen LogP) is 7.03. The highest BCUT2D eigenvalue weighted by Crippen LogP contribution is 2.53. The Morgan fingerprint density at radius 2 is 2.00 bits per heavy atom. The summed E-state index contributed by atoms with van der Waals surface area (Å²) in [4.78, 5) is 0. The van der Waals surface area contributed by atoms with Crippen LogP contribution in [0, 0.1) is 17.6 Å². The van der Waals surface area contributed by atoms with E-state index in [9.17, 15) is 8.78 Å². The van der Waals surface area contributed by atoms with E-state index in [0.29, 0.717) is 5.56 Å². The minimum absolute atomic E-state index is 0.0931. The first-order valence-electron chi connectivity index (χ1n) is 10.3. The van der Waals surface area contributed by atoms with Crippen LogP contribution in [0.4, 0.5) is 14.5 Å². The highest BCUT2D eigenvalue weighted by Gasteiger charge is 2.39. The van der Waals surface area contributed by atoms with Gasteiger partial charge in [0.1, 0.15) is 11.9 Å². The molecule has 1 N–H and O–H groups in total. The van der Waals surface area contributed by atoms with Gasteiger partial charge in [-0.15, -0.1) is 0 Å². The second-order valence-electron chi connectivity index (χ2n) is 9.06. The number of allylic oxidation sites excluding steroid dienone is 1. The molecular formula is C25H25F2NO. The van der Waals surface area contributed by atoms with E-state index in [-0.39, 0.29) is 23.3 Å². The molecule has 5 rings (SSSR count). The zero-order chi connectivity index (χ0) is 20.3. The first-order valence-corrected chi connectivity index (χ1v) is 10.3. The van der Waals surface area contributed by atoms with E-state index in [2.05, 4.69) is 37.9 Å². The van der Waals surface area contributed by atoms with Gasteiger partial charge in [0.15, 0.2) is 11.6 Å². The quantitative estimate of drug-likeness (QED) is 0.525. The number of benzene rings is 2. The van der Waals surface area contributed by atoms with Crippen molar-refractivity contribution in [2.24, 2.45) is 5.92 Å². The van der Waals surface area contributed by atoms with Crippen molar-refractivity contribution in [2.45, 2.75) is 51.2 Å². The van der Waals surface area contributed by atoms with Gasteiger partial charge in [0.05, 0.1) is 0 Å². The third kappa shape index (κ3) is 2.97. The van der Waals surface area contributed by atoms with E-state index >= 15 is 0 Å². The lowest BCUT2D eigenvalue weighted by Crippen LogP contribution is -2.36. The van der Waals surface area contributed by atoms with E-state index in [1.165, 1.54) is 6.07 Å². The molecule has 0 saturated heterocycles. The summed E-state index contributed by atoms with van der Waals surface area (Å²) in [6.07, 6.45) is 7.97. The number of anilines is 1. The van der Waals surface area contributed by atoms with Crippen molar-refractivity contribution < 1.29 is 13.5 Å². The Bertz CT molecular complexity index is 1050. The highest BCUT2D eigenvalue weighted by atomic mass is 19.1. The maximum Gasteiger partial charge on any atom is 0.168 e. The molecule has 2 unspecified atom stereocenters. The molecule has 0 amide bonds. The molecule has 2 heterocycles. The third-order valence-electron chi connectivity index (χ3n) is 6.24. The number of halogens is 2. The first-order chi connectivity index (χ1) is 13.8. The Morgan fingerprint density at radius 3 is 2.76 bits per heavy atom. The molecular weight excluding hydrogens is 368 g/mol. The second kappa shape index (κ2) is 6.45. The number of fused-ring (bicyclic) bond motifs is 5. The highest BCUT2D eigenvalue weighted by molar-refractivity contribution is 5.89. The Hall–Kier alpha value is -2.62. The molecule has 2 aromatic carbocycles. The number of hydrogen-bond donors (Lipinski definition) is 1. The Morgan fingerprint density at radius 1 is 1.17 bits per heavy atom. The molecule has 29 heavy (non-hydrogen) atoms. The van der Waals surface area contributed by atoms with Crippen LogP contribution >= 0.6 is 0 Å². The Balaban J connectivity index is 1.78. The molecule has 4 heteroatoms. The van der Waals surface area contributed by atoms with Crippen molar-refractivity contribution in [1.29, 1.82) is 0 Å². The summed E-state index contributed by atoms with van der Waals surface area (Å²) in [5.74, 6) is -0.944. The number of rotatable bonds is 1. The van der Waals surface area contributed by atoms with Gasteiger partial charge in [0, 0.05) is 39.9 Å². The lowest BCUT2D eigenvalue weighted by molar-refractivity contribution is 0.139. The van der Waals surface area contributed by atoms with Gasteiger partial charge in [-0.25, -0.2) is 8.78 Å². The Labute approximate surface area is 170 Å². The molecule has 2 atom stereocenters. The van der Waals surface area contributed by atoms with E-state index in [4.69, 9.17) is 4.74 Å². The summed E-state index contributed by atoms with van der Waals surface area (Å²) in [5, 5.41) is 3.60. The average Bonchev–Trinajstić information content (AvgIpc) is 2.66. The van der Waals surface area contributed by atoms with E-state index in [1.54, 1.807) is 0 Å². The van der Waals surface area contributed by atoms with Crippen molar-refractivity contribution in [1.82, 2.24) is 0 Å². The third-order valence-corrected chi connectivity index (χ3v) is 6.24. The van der Waals surface area contributed by atoms with Gasteiger partial charge in [-0.1, -0.05) is 24.8 Å². The molecule has 0 spiro atoms. The van der Waals surface area contributed by atoms with Crippen molar-refractivity contribution in [3.63, 3.8) is 0 Å². The molecule has 0 saturated carbocycles. The van der Waals surface area contributed by atoms with Gasteiger partial charge in [-0.05, 0) is 62.8 Å². The van der Waals surface area contributed by atoms with Crippen molar-refractivity contribution >= 4 is 11.3 Å². The fourth-order valence-corrected chi connectivity index (χ4v) is 5.12. The van der Waals surface area contributed by atoms with Gasteiger partial charge in [-0.2, -0.15) is 0 Å². The van der Waals surface area contributed by atoms with Crippen molar-refractivity contribution in [2.75, 3.05) is 5.32 Å². The number of ether oxygens (including phenoxy) is 1. The standard InChI is InChI=1S/C25H25F2NO/c1-14-13-25(2,3)28-20-10-9-17-18-11-16(26)12-19(27)24(18)29-23(22(17)21(14)20)15-7-5-4-6-8-15/h5,7,9-12,15,23,28H,1,4,6,8,13H2,2-3H3. The van der Waals surface area contributed by atoms with Crippen LogP contribution in [0.25, 0.3) is 16.7 Å². The van der Waals surface area contributed by atoms with E-state index in [0.717, 1.165) is 59.7 Å². The van der Waals surface area contributed by atoms with Crippen LogP contribution in [-0.2, 0) is 0 Å². The molecule has 2 aliphatic heterocycles. The topological polar surface area (TPSA) is 21.3 Å². The number of nitrogens with one attached hydrogen (secondary N) is 1. The predicted molar refractivity (Wildman–Crippen MR) is 113 cm³/mol. The largest absolute Gasteiger partial charge is 0.481 e. The van der Waals surface area contributed by atoms with Crippen LogP contribution < -0.4 is 10.1 Å². The van der Waals surface area contributed by atoms with Crippen LogP contribution in [0.15, 0.2) is 43.0 Å². The summed E-state index contributed by atoms with van der Waals surface area (Å²) in [5.41, 5.74) is 5.33. The number of hydrogen-bond acceptors (Lipinski definition) is 2. The second-order valence-corrected chi connectivity index (χ2v) is 9.06. The van der Waals surface area contributed by atoms with E-state index < -0.39 is 11.6 Å². The minimum atomic E-state index is -0.647. The molecule has 2 nitrogen and oxygen atoms in total. The van der Waals surface area contributed by atoms with Crippen LogP contribution in [0.1, 0.15) is 56.8 Å². The van der Waals surface area contributed by atoms with Crippen LogP contribution in [0.2, 0.25) is 0 Å². The molecule has 0 aromatic heterocycles. The van der Waals surface area contributed by atoms with Crippen LogP contribution in [0.3, 0.4) is 0 Å². The smallest absolute Gasteiger partial charge is 0.168 e. The molecule has 1 aliphatic carbocycles. The fourth-order valence-electron chi connectivity index (χ4n) is 5.12. The molecule has 3 aliphatic rings. The average molecular weight is 393 g/mol. The zero-order valence-corrected chi connectivity index (χ0v) is 16.8. The molecule has 150 valence electrons. The van der Waals surface area contributed by atoms with E-state index in [1.807, 2.05) is 12.1 Å². The fraction of sp³-hybridized carbons (Fsp3) is 0.360. The summed E-state index contributed by atoms with van der Waals surface area (Å²) < 4.78 is 35.0. The Kier molecular flexibility index (Phi) is 4.09. The molecule has 0 fully saturated rings. The summed E-state index contributed by atoms with van der Waals surface area (Å²) in [7, 11) is 0. The monoisotopic (exact) mass is 393 g/mol.